The van der Waals surface area contributed by atoms with Gasteiger partial charge in [0.25, 0.3) is 0 Å². The van der Waals surface area contributed by atoms with E-state index in [1.165, 1.54) is 0 Å². The third-order valence-corrected chi connectivity index (χ3v) is 1.74. The van der Waals surface area contributed by atoms with E-state index in [0.29, 0.717) is 5.02 Å². The van der Waals surface area contributed by atoms with Crippen molar-refractivity contribution in [2.24, 2.45) is 7.05 Å². The molecule has 0 amide bonds. The van der Waals surface area contributed by atoms with Crippen LogP contribution in [0.15, 0.2) is 6.20 Å². The van der Waals surface area contributed by atoms with Crippen LogP contribution in [-0.2, 0) is 13.5 Å². The van der Waals surface area contributed by atoms with Gasteiger partial charge in [0.1, 0.15) is 0 Å². The largest absolute Gasteiger partial charge is 0.396 e. The molecule has 0 spiro atoms. The second-order valence-electron chi connectivity index (χ2n) is 2.42. The quantitative estimate of drug-likeness (QED) is 0.743. The summed E-state index contributed by atoms with van der Waals surface area (Å²) in [6, 6.07) is 0. The van der Waals surface area contributed by atoms with Gasteiger partial charge >= 0.3 is 0 Å². The minimum atomic E-state index is 0.187. The number of hydrogen-bond acceptors (Lipinski definition) is 2. The van der Waals surface area contributed by atoms with Crippen LogP contribution < -0.4 is 0 Å². The van der Waals surface area contributed by atoms with Crippen LogP contribution in [0.25, 0.3) is 0 Å². The van der Waals surface area contributed by atoms with Crippen LogP contribution in [0.2, 0.25) is 5.02 Å². The number of aliphatic hydroxyl groups is 1. The lowest BCUT2D eigenvalue weighted by Crippen LogP contribution is -1.93. The van der Waals surface area contributed by atoms with Gasteiger partial charge in [0.15, 0.2) is 0 Å². The third-order valence-electron chi connectivity index (χ3n) is 1.43. The summed E-state index contributed by atoms with van der Waals surface area (Å²) in [6.45, 7) is 0.187. The summed E-state index contributed by atoms with van der Waals surface area (Å²) in [5.74, 6) is 0. The average molecular weight is 175 g/mol. The van der Waals surface area contributed by atoms with Gasteiger partial charge < -0.3 is 5.11 Å². The fraction of sp³-hybridized carbons (Fsp3) is 0.571. The second kappa shape index (κ2) is 3.74. The van der Waals surface area contributed by atoms with Gasteiger partial charge in [-0.1, -0.05) is 11.6 Å². The number of aromatic nitrogens is 2. The number of rotatable bonds is 3. The lowest BCUT2D eigenvalue weighted by atomic mass is 10.2. The third kappa shape index (κ3) is 2.20. The molecule has 0 atom stereocenters. The molecular weight excluding hydrogens is 164 g/mol. The van der Waals surface area contributed by atoms with Crippen molar-refractivity contribution < 1.29 is 5.11 Å². The van der Waals surface area contributed by atoms with Gasteiger partial charge in [0.2, 0.25) is 0 Å². The molecule has 1 aromatic heterocycles. The predicted molar refractivity (Wildman–Crippen MR) is 43.6 cm³/mol. The maximum absolute atomic E-state index is 8.55. The van der Waals surface area contributed by atoms with Gasteiger partial charge in [-0.05, 0) is 12.8 Å². The lowest BCUT2D eigenvalue weighted by molar-refractivity contribution is 0.288. The molecule has 0 aliphatic rings. The second-order valence-corrected chi connectivity index (χ2v) is 2.83. The first-order valence-electron chi connectivity index (χ1n) is 3.53. The smallest absolute Gasteiger partial charge is 0.0817 e. The Labute approximate surface area is 70.6 Å². The van der Waals surface area contributed by atoms with Gasteiger partial charge in [0.05, 0.1) is 10.7 Å². The summed E-state index contributed by atoms with van der Waals surface area (Å²) in [5, 5.41) is 13.4. The van der Waals surface area contributed by atoms with Gasteiger partial charge in [0, 0.05) is 19.9 Å². The number of hydrogen-bond donors (Lipinski definition) is 1. The Morgan fingerprint density at radius 1 is 1.73 bits per heavy atom. The molecule has 4 heteroatoms. The summed E-state index contributed by atoms with van der Waals surface area (Å²) in [7, 11) is 1.83. The standard InChI is InChI=1S/C7H11ClN2O/c1-10-5-6(8)7(9-10)3-2-4-11/h5,11H,2-4H2,1H3. The van der Waals surface area contributed by atoms with E-state index in [4.69, 9.17) is 16.7 Å². The molecule has 0 aromatic carbocycles. The molecule has 62 valence electrons. The Kier molecular flexibility index (Phi) is 2.91. The molecule has 1 aromatic rings. The summed E-state index contributed by atoms with van der Waals surface area (Å²) < 4.78 is 1.68. The Morgan fingerprint density at radius 3 is 2.91 bits per heavy atom. The number of aliphatic hydroxyl groups excluding tert-OH is 1. The van der Waals surface area contributed by atoms with Crippen molar-refractivity contribution in [3.63, 3.8) is 0 Å². The molecule has 11 heavy (non-hydrogen) atoms. The molecule has 0 radical (unpaired) electrons. The summed E-state index contributed by atoms with van der Waals surface area (Å²) in [4.78, 5) is 0. The highest BCUT2D eigenvalue weighted by atomic mass is 35.5. The zero-order valence-corrected chi connectivity index (χ0v) is 7.17. The highest BCUT2D eigenvalue weighted by Gasteiger charge is 2.03. The zero-order valence-electron chi connectivity index (χ0n) is 6.42. The maximum atomic E-state index is 8.55. The first-order chi connectivity index (χ1) is 5.24. The highest BCUT2D eigenvalue weighted by molar-refractivity contribution is 6.31. The van der Waals surface area contributed by atoms with E-state index in [1.54, 1.807) is 10.9 Å². The molecule has 0 unspecified atom stereocenters. The Balaban J connectivity index is 2.62. The monoisotopic (exact) mass is 174 g/mol. The van der Waals surface area contributed by atoms with Gasteiger partial charge in [-0.3, -0.25) is 4.68 Å². The van der Waals surface area contributed by atoms with Crippen LogP contribution in [-0.4, -0.2) is 21.5 Å². The van der Waals surface area contributed by atoms with Crippen molar-refractivity contribution in [3.8, 4) is 0 Å². The normalized spacial score (nSPS) is 10.5. The summed E-state index contributed by atoms with van der Waals surface area (Å²) in [5.41, 5.74) is 0.864. The van der Waals surface area contributed by atoms with E-state index in [9.17, 15) is 0 Å². The molecule has 0 aliphatic heterocycles. The Morgan fingerprint density at radius 2 is 2.45 bits per heavy atom. The van der Waals surface area contributed by atoms with Crippen LogP contribution in [0.4, 0.5) is 0 Å². The number of nitrogens with zero attached hydrogens (tertiary/aromatic N) is 2. The van der Waals surface area contributed by atoms with E-state index in [-0.39, 0.29) is 6.61 Å². The maximum Gasteiger partial charge on any atom is 0.0817 e. The van der Waals surface area contributed by atoms with Crippen molar-refractivity contribution in [1.82, 2.24) is 9.78 Å². The minimum absolute atomic E-state index is 0.187. The van der Waals surface area contributed by atoms with Crippen molar-refractivity contribution in [2.75, 3.05) is 6.61 Å². The van der Waals surface area contributed by atoms with Gasteiger partial charge in [-0.15, -0.1) is 0 Å². The van der Waals surface area contributed by atoms with Crippen molar-refractivity contribution in [3.05, 3.63) is 16.9 Å². The van der Waals surface area contributed by atoms with Crippen molar-refractivity contribution in [1.29, 1.82) is 0 Å². The van der Waals surface area contributed by atoms with Crippen LogP contribution in [0.1, 0.15) is 12.1 Å². The average Bonchev–Trinajstić information content (AvgIpc) is 2.26. The lowest BCUT2D eigenvalue weighted by Gasteiger charge is -1.92. The molecule has 1 rings (SSSR count). The first kappa shape index (κ1) is 8.56. The Bertz CT molecular complexity index is 234. The van der Waals surface area contributed by atoms with Crippen molar-refractivity contribution in [2.45, 2.75) is 12.8 Å². The van der Waals surface area contributed by atoms with E-state index in [0.717, 1.165) is 18.5 Å². The highest BCUT2D eigenvalue weighted by Crippen LogP contribution is 2.14. The molecule has 0 bridgehead atoms. The SMILES string of the molecule is Cn1cc(Cl)c(CCCO)n1. The first-order valence-corrected chi connectivity index (χ1v) is 3.90. The van der Waals surface area contributed by atoms with E-state index in [1.807, 2.05) is 7.05 Å². The van der Waals surface area contributed by atoms with Gasteiger partial charge in [-0.25, -0.2) is 0 Å². The Hall–Kier alpha value is -0.540. The molecular formula is C7H11ClN2O. The topological polar surface area (TPSA) is 38.0 Å². The molecule has 0 saturated heterocycles. The molecule has 1 heterocycles. The summed E-state index contributed by atoms with van der Waals surface area (Å²) >= 11 is 5.82. The molecule has 0 fully saturated rings. The predicted octanol–water partition coefficient (Wildman–Crippen LogP) is 0.998. The summed E-state index contributed by atoms with van der Waals surface area (Å²) in [6.07, 6.45) is 3.22. The fourth-order valence-corrected chi connectivity index (χ4v) is 1.20. The number of halogens is 1. The van der Waals surface area contributed by atoms with Crippen LogP contribution in [0.5, 0.6) is 0 Å². The number of aryl methyl sites for hydroxylation is 2. The molecule has 0 aliphatic carbocycles. The van der Waals surface area contributed by atoms with E-state index < -0.39 is 0 Å². The van der Waals surface area contributed by atoms with Crippen LogP contribution in [0, 0.1) is 0 Å². The van der Waals surface area contributed by atoms with E-state index >= 15 is 0 Å². The van der Waals surface area contributed by atoms with E-state index in [2.05, 4.69) is 5.10 Å². The van der Waals surface area contributed by atoms with Gasteiger partial charge in [-0.2, -0.15) is 5.10 Å². The molecule has 0 saturated carbocycles. The zero-order chi connectivity index (χ0) is 8.27. The minimum Gasteiger partial charge on any atom is -0.396 e. The van der Waals surface area contributed by atoms with Crippen molar-refractivity contribution >= 4 is 11.6 Å². The molecule has 1 N–H and O–H groups in total. The molecule has 3 nitrogen and oxygen atoms in total. The van der Waals surface area contributed by atoms with Crippen LogP contribution in [0.3, 0.4) is 0 Å². The van der Waals surface area contributed by atoms with Crippen LogP contribution >= 0.6 is 11.6 Å². The fourth-order valence-electron chi connectivity index (χ4n) is 0.921.